The third-order valence-electron chi connectivity index (χ3n) is 6.22. The van der Waals surface area contributed by atoms with E-state index < -0.39 is 35.2 Å². The van der Waals surface area contributed by atoms with Crippen molar-refractivity contribution < 1.29 is 27.6 Å². The first-order valence-corrected chi connectivity index (χ1v) is 11.9. The van der Waals surface area contributed by atoms with Gasteiger partial charge in [-0.2, -0.15) is 13.2 Å². The Morgan fingerprint density at radius 2 is 1.66 bits per heavy atom. The molecule has 2 aromatic heterocycles. The zero-order valence-corrected chi connectivity index (χ0v) is 20.6. The number of amides is 3. The van der Waals surface area contributed by atoms with Crippen molar-refractivity contribution in [1.82, 2.24) is 30.1 Å². The summed E-state index contributed by atoms with van der Waals surface area (Å²) in [7, 11) is 0. The van der Waals surface area contributed by atoms with Gasteiger partial charge in [0.25, 0.3) is 17.4 Å². The molecule has 0 bridgehead atoms. The van der Waals surface area contributed by atoms with Crippen LogP contribution in [-0.2, 0) is 11.0 Å². The number of carbonyl (C=O) groups is 3. The Balaban J connectivity index is 1.40. The van der Waals surface area contributed by atoms with Gasteiger partial charge < -0.3 is 20.1 Å². The quantitative estimate of drug-likeness (QED) is 0.520. The minimum Gasteiger partial charge on any atom is -0.338 e. The zero-order chi connectivity index (χ0) is 27.6. The Hall–Kier alpha value is -4.29. The number of para-hydroxylation sites is 2. The second-order valence-corrected chi connectivity index (χ2v) is 9.17. The van der Waals surface area contributed by atoms with Gasteiger partial charge in [0.05, 0.1) is 16.6 Å². The van der Waals surface area contributed by atoms with E-state index in [1.165, 1.54) is 9.80 Å². The number of piperazine rings is 1. The van der Waals surface area contributed by atoms with Gasteiger partial charge in [-0.15, -0.1) is 0 Å². The van der Waals surface area contributed by atoms with Crippen molar-refractivity contribution in [1.29, 1.82) is 0 Å². The molecule has 38 heavy (non-hydrogen) atoms. The molecule has 3 aromatic rings. The van der Waals surface area contributed by atoms with Gasteiger partial charge in [0, 0.05) is 32.4 Å². The third kappa shape index (κ3) is 5.66. The molecule has 1 aromatic carbocycles. The van der Waals surface area contributed by atoms with Crippen LogP contribution in [0.1, 0.15) is 40.4 Å². The Bertz CT molecular complexity index is 1410. The van der Waals surface area contributed by atoms with Crippen molar-refractivity contribution in [2.24, 2.45) is 5.92 Å². The number of pyridine rings is 1. The number of hydrogen-bond donors (Lipinski definition) is 2. The minimum absolute atomic E-state index is 0.127. The van der Waals surface area contributed by atoms with Gasteiger partial charge in [-0.05, 0) is 30.2 Å². The minimum atomic E-state index is -4.55. The topological polar surface area (TPSA) is 128 Å². The molecule has 0 aliphatic carbocycles. The number of aromatic nitrogens is 3. The molecule has 200 valence electrons. The summed E-state index contributed by atoms with van der Waals surface area (Å²) in [6.45, 7) is 4.07. The number of aromatic amines is 1. The van der Waals surface area contributed by atoms with E-state index >= 15 is 0 Å². The van der Waals surface area contributed by atoms with Crippen molar-refractivity contribution in [3.8, 4) is 0 Å². The van der Waals surface area contributed by atoms with E-state index in [4.69, 9.17) is 0 Å². The van der Waals surface area contributed by atoms with Crippen molar-refractivity contribution in [3.05, 3.63) is 69.9 Å². The Labute approximate surface area is 214 Å². The van der Waals surface area contributed by atoms with Crippen LogP contribution in [0.2, 0.25) is 0 Å². The van der Waals surface area contributed by atoms with E-state index in [0.29, 0.717) is 17.2 Å². The highest BCUT2D eigenvalue weighted by Crippen LogP contribution is 2.28. The first kappa shape index (κ1) is 26.8. The highest BCUT2D eigenvalue weighted by molar-refractivity contribution is 5.97. The summed E-state index contributed by atoms with van der Waals surface area (Å²) in [6.07, 6.45) is -3.95. The molecule has 0 radical (unpaired) electrons. The van der Waals surface area contributed by atoms with Crippen molar-refractivity contribution in [2.45, 2.75) is 26.1 Å². The Kier molecular flexibility index (Phi) is 7.46. The standard InChI is InChI=1S/C25H25F3N6O4/c1-14(2)19(32-22(36)20-21(35)31-17-6-4-3-5-16(17)30-20)24(38)34-11-9-33(10-12-34)23(37)18-8-7-15(13-29-18)25(26,27)28/h3-8,13-14,19H,9-12H2,1-2H3,(H,31,35)(H,32,36)/t19-/m0/s1. The van der Waals surface area contributed by atoms with Crippen LogP contribution in [0.4, 0.5) is 13.2 Å². The lowest BCUT2D eigenvalue weighted by Crippen LogP contribution is -2.57. The largest absolute Gasteiger partial charge is 0.417 e. The fourth-order valence-corrected chi connectivity index (χ4v) is 4.08. The van der Waals surface area contributed by atoms with Gasteiger partial charge in [0.2, 0.25) is 5.91 Å². The molecule has 10 nitrogen and oxygen atoms in total. The molecular formula is C25H25F3N6O4. The smallest absolute Gasteiger partial charge is 0.338 e. The molecule has 0 saturated carbocycles. The maximum Gasteiger partial charge on any atom is 0.417 e. The summed E-state index contributed by atoms with van der Waals surface area (Å²) >= 11 is 0. The van der Waals surface area contributed by atoms with Gasteiger partial charge >= 0.3 is 6.18 Å². The van der Waals surface area contributed by atoms with E-state index in [9.17, 15) is 32.3 Å². The van der Waals surface area contributed by atoms with E-state index in [0.717, 1.165) is 12.1 Å². The summed E-state index contributed by atoms with van der Waals surface area (Å²) in [5.41, 5.74) is -1.22. The molecule has 0 unspecified atom stereocenters. The fourth-order valence-electron chi connectivity index (χ4n) is 4.08. The molecule has 13 heteroatoms. The second-order valence-electron chi connectivity index (χ2n) is 9.17. The van der Waals surface area contributed by atoms with Crippen LogP contribution >= 0.6 is 0 Å². The summed E-state index contributed by atoms with van der Waals surface area (Å²) in [5, 5.41) is 2.62. The highest BCUT2D eigenvalue weighted by atomic mass is 19.4. The average Bonchev–Trinajstić information content (AvgIpc) is 2.90. The lowest BCUT2D eigenvalue weighted by Gasteiger charge is -2.37. The van der Waals surface area contributed by atoms with Gasteiger partial charge in [-0.3, -0.25) is 24.2 Å². The average molecular weight is 531 g/mol. The molecular weight excluding hydrogens is 505 g/mol. The normalized spacial score (nSPS) is 15.0. The lowest BCUT2D eigenvalue weighted by molar-refractivity contribution is -0.138. The SMILES string of the molecule is CC(C)[C@H](NC(=O)c1nc2ccccc2[nH]c1=O)C(=O)N1CCN(C(=O)c2ccc(C(F)(F)F)cn2)CC1. The molecule has 3 amide bonds. The summed E-state index contributed by atoms with van der Waals surface area (Å²) in [6, 6.07) is 7.61. The highest BCUT2D eigenvalue weighted by Gasteiger charge is 2.34. The van der Waals surface area contributed by atoms with Crippen LogP contribution in [0.25, 0.3) is 11.0 Å². The fraction of sp³-hybridized carbons (Fsp3) is 0.360. The molecule has 0 spiro atoms. The van der Waals surface area contributed by atoms with Crippen LogP contribution in [0.5, 0.6) is 0 Å². The van der Waals surface area contributed by atoms with Crippen LogP contribution in [0.15, 0.2) is 47.4 Å². The van der Waals surface area contributed by atoms with Crippen molar-refractivity contribution >= 4 is 28.8 Å². The molecule has 1 aliphatic rings. The van der Waals surface area contributed by atoms with Gasteiger partial charge in [0.15, 0.2) is 5.69 Å². The Morgan fingerprint density at radius 3 is 2.26 bits per heavy atom. The van der Waals surface area contributed by atoms with Gasteiger partial charge in [-0.25, -0.2) is 4.98 Å². The number of alkyl halides is 3. The van der Waals surface area contributed by atoms with Gasteiger partial charge in [0.1, 0.15) is 11.7 Å². The molecule has 1 fully saturated rings. The maximum absolute atomic E-state index is 13.3. The first-order chi connectivity index (χ1) is 18.0. The molecule has 3 heterocycles. The predicted octanol–water partition coefficient (Wildman–Crippen LogP) is 2.08. The zero-order valence-electron chi connectivity index (χ0n) is 20.6. The number of fused-ring (bicyclic) bond motifs is 1. The number of hydrogen-bond acceptors (Lipinski definition) is 6. The third-order valence-corrected chi connectivity index (χ3v) is 6.22. The molecule has 2 N–H and O–H groups in total. The summed E-state index contributed by atoms with van der Waals surface area (Å²) in [5.74, 6) is -2.03. The summed E-state index contributed by atoms with van der Waals surface area (Å²) < 4.78 is 38.3. The molecule has 1 saturated heterocycles. The number of halogens is 3. The monoisotopic (exact) mass is 530 g/mol. The lowest BCUT2D eigenvalue weighted by atomic mass is 10.0. The van der Waals surface area contributed by atoms with Crippen LogP contribution in [-0.4, -0.2) is 74.7 Å². The van der Waals surface area contributed by atoms with Crippen LogP contribution in [0.3, 0.4) is 0 Å². The summed E-state index contributed by atoms with van der Waals surface area (Å²) in [4.78, 5) is 64.5. The number of nitrogens with one attached hydrogen (secondary N) is 2. The van der Waals surface area contributed by atoms with E-state index in [2.05, 4.69) is 20.3 Å². The van der Waals surface area contributed by atoms with Crippen molar-refractivity contribution in [2.75, 3.05) is 26.2 Å². The second kappa shape index (κ2) is 10.6. The first-order valence-electron chi connectivity index (χ1n) is 11.9. The number of rotatable bonds is 5. The van der Waals surface area contributed by atoms with Crippen LogP contribution in [0, 0.1) is 5.92 Å². The molecule has 1 aliphatic heterocycles. The number of carbonyl (C=O) groups excluding carboxylic acids is 3. The number of nitrogens with zero attached hydrogens (tertiary/aromatic N) is 4. The van der Waals surface area contributed by atoms with Crippen LogP contribution < -0.4 is 10.9 Å². The van der Waals surface area contributed by atoms with Gasteiger partial charge in [-0.1, -0.05) is 26.0 Å². The predicted molar refractivity (Wildman–Crippen MR) is 130 cm³/mol. The number of H-pyrrole nitrogens is 1. The maximum atomic E-state index is 13.3. The van der Waals surface area contributed by atoms with E-state index in [1.807, 2.05) is 0 Å². The number of benzene rings is 1. The molecule has 1 atom stereocenters. The molecule has 4 rings (SSSR count). The van der Waals surface area contributed by atoms with E-state index in [1.54, 1.807) is 38.1 Å². The Morgan fingerprint density at radius 1 is 1.00 bits per heavy atom. The van der Waals surface area contributed by atoms with Crippen molar-refractivity contribution in [3.63, 3.8) is 0 Å². The van der Waals surface area contributed by atoms with E-state index in [-0.39, 0.29) is 49.4 Å².